The third-order valence-corrected chi connectivity index (χ3v) is 8.56. The van der Waals surface area contributed by atoms with Crippen LogP contribution in [0.3, 0.4) is 0 Å². The summed E-state index contributed by atoms with van der Waals surface area (Å²) < 4.78 is 64.8. The Hall–Kier alpha value is -2.55. The molecule has 1 saturated heterocycles. The van der Waals surface area contributed by atoms with E-state index in [2.05, 4.69) is 30.2 Å². The fraction of sp³-hybridized carbons (Fsp3) is 0.609. The molecule has 0 bridgehead atoms. The Balaban J connectivity index is 1.21. The number of anilines is 1. The SMILES string of the molecule is CNS(=O)(=O)CC(O)C1CCC(N2CC(NC(=O)CNc3ncnc4ccc(C(F)(F)F)cc34)C2)CC1. The molecule has 1 unspecified atom stereocenters. The monoisotopic (exact) mass is 544 g/mol. The maximum absolute atomic E-state index is 13.1. The number of aromatic nitrogens is 2. The molecule has 2 fully saturated rings. The standard InChI is InChI=1S/C23H31F3N6O4S/c1-27-37(35,36)12-20(33)14-2-5-17(6-3-14)32-10-16(11-32)31-21(34)9-28-22-18-8-15(23(24,25)26)4-7-19(18)29-13-30-22/h4,7-8,13-14,16-17,20,27,33H,2-3,5-6,9-12H2,1H3,(H,31,34)(H,28,29,30). The van der Waals surface area contributed by atoms with Gasteiger partial charge in [0, 0.05) is 24.5 Å². The number of hydrogen-bond donors (Lipinski definition) is 4. The second kappa shape index (κ2) is 11.1. The van der Waals surface area contributed by atoms with Crippen molar-refractivity contribution < 1.29 is 31.5 Å². The van der Waals surface area contributed by atoms with Gasteiger partial charge in [0.2, 0.25) is 15.9 Å². The first-order valence-electron chi connectivity index (χ1n) is 12.1. The molecule has 4 rings (SSSR count). The van der Waals surface area contributed by atoms with E-state index in [1.807, 2.05) is 0 Å². The van der Waals surface area contributed by atoms with Gasteiger partial charge >= 0.3 is 6.18 Å². The van der Waals surface area contributed by atoms with Crippen molar-refractivity contribution >= 4 is 32.7 Å². The van der Waals surface area contributed by atoms with Crippen LogP contribution in [0.2, 0.25) is 0 Å². The molecular weight excluding hydrogens is 513 g/mol. The molecule has 14 heteroatoms. The van der Waals surface area contributed by atoms with Gasteiger partial charge in [0.15, 0.2) is 0 Å². The first-order chi connectivity index (χ1) is 17.4. The number of aliphatic hydroxyl groups is 1. The number of alkyl halides is 3. The van der Waals surface area contributed by atoms with Crippen molar-refractivity contribution in [2.45, 2.75) is 50.0 Å². The van der Waals surface area contributed by atoms with Crippen molar-refractivity contribution in [2.24, 2.45) is 5.92 Å². The molecule has 1 amide bonds. The van der Waals surface area contributed by atoms with Gasteiger partial charge in [0.25, 0.3) is 0 Å². The Kier molecular flexibility index (Phi) is 8.21. The van der Waals surface area contributed by atoms with Gasteiger partial charge in [-0.1, -0.05) is 0 Å². The van der Waals surface area contributed by atoms with Crippen LogP contribution in [0.4, 0.5) is 19.0 Å². The van der Waals surface area contributed by atoms with E-state index in [1.165, 1.54) is 19.4 Å². The average molecular weight is 545 g/mol. The summed E-state index contributed by atoms with van der Waals surface area (Å²) in [4.78, 5) is 22.7. The predicted octanol–water partition coefficient (Wildman–Crippen LogP) is 1.33. The van der Waals surface area contributed by atoms with E-state index in [-0.39, 0.29) is 41.4 Å². The summed E-state index contributed by atoms with van der Waals surface area (Å²) in [5.41, 5.74) is -0.477. The topological polar surface area (TPSA) is 137 Å². The third kappa shape index (κ3) is 6.86. The number of carbonyl (C=O) groups excluding carboxylic acids is 1. The Morgan fingerprint density at radius 3 is 2.54 bits per heavy atom. The Labute approximate surface area is 213 Å². The number of aliphatic hydroxyl groups excluding tert-OH is 1. The lowest BCUT2D eigenvalue weighted by molar-refractivity contribution is -0.137. The predicted molar refractivity (Wildman–Crippen MR) is 131 cm³/mol. The average Bonchev–Trinajstić information content (AvgIpc) is 2.83. The lowest BCUT2D eigenvalue weighted by atomic mass is 9.81. The second-order valence-electron chi connectivity index (χ2n) is 9.65. The van der Waals surface area contributed by atoms with E-state index in [1.54, 1.807) is 0 Å². The number of hydrogen-bond acceptors (Lipinski definition) is 8. The zero-order valence-electron chi connectivity index (χ0n) is 20.3. The van der Waals surface area contributed by atoms with Gasteiger partial charge in [0.05, 0.1) is 35.5 Å². The van der Waals surface area contributed by atoms with Crippen molar-refractivity contribution in [2.75, 3.05) is 37.8 Å². The number of fused-ring (bicyclic) bond motifs is 1. The largest absolute Gasteiger partial charge is 0.416 e. The Bertz CT molecular complexity index is 1210. The minimum Gasteiger partial charge on any atom is -0.392 e. The summed E-state index contributed by atoms with van der Waals surface area (Å²) in [6, 6.07) is 3.49. The van der Waals surface area contributed by atoms with Gasteiger partial charge < -0.3 is 15.7 Å². The molecule has 204 valence electrons. The van der Waals surface area contributed by atoms with Crippen LogP contribution in [-0.4, -0.2) is 84.9 Å². The summed E-state index contributed by atoms with van der Waals surface area (Å²) in [5, 5.41) is 16.2. The molecule has 1 aromatic carbocycles. The number of nitrogens with one attached hydrogen (secondary N) is 3. The van der Waals surface area contributed by atoms with Gasteiger partial charge in [-0.3, -0.25) is 9.69 Å². The molecule has 2 aliphatic rings. The first kappa shape index (κ1) is 27.5. The number of benzene rings is 1. The van der Waals surface area contributed by atoms with Crippen LogP contribution >= 0.6 is 0 Å². The maximum Gasteiger partial charge on any atom is 0.416 e. The molecule has 1 aromatic heterocycles. The second-order valence-corrected chi connectivity index (χ2v) is 11.6. The molecule has 4 N–H and O–H groups in total. The first-order valence-corrected chi connectivity index (χ1v) is 13.8. The molecular formula is C23H31F3N6O4S. The summed E-state index contributed by atoms with van der Waals surface area (Å²) in [5.74, 6) is -0.477. The van der Waals surface area contributed by atoms with Gasteiger partial charge in [-0.2, -0.15) is 13.2 Å². The van der Waals surface area contributed by atoms with E-state index in [0.29, 0.717) is 24.6 Å². The number of carbonyl (C=O) groups is 1. The quantitative estimate of drug-likeness (QED) is 0.371. The van der Waals surface area contributed by atoms with Crippen LogP contribution in [0.5, 0.6) is 0 Å². The summed E-state index contributed by atoms with van der Waals surface area (Å²) in [6.45, 7) is 1.23. The van der Waals surface area contributed by atoms with E-state index >= 15 is 0 Å². The van der Waals surface area contributed by atoms with Crippen LogP contribution in [-0.2, 0) is 21.0 Å². The van der Waals surface area contributed by atoms with Gasteiger partial charge in [-0.15, -0.1) is 0 Å². The number of nitrogens with zero attached hydrogens (tertiary/aromatic N) is 3. The van der Waals surface area contributed by atoms with Crippen LogP contribution in [0.25, 0.3) is 10.9 Å². The fourth-order valence-corrected chi connectivity index (χ4v) is 5.90. The molecule has 10 nitrogen and oxygen atoms in total. The van der Waals surface area contributed by atoms with Crippen LogP contribution in [0.15, 0.2) is 24.5 Å². The highest BCUT2D eigenvalue weighted by Gasteiger charge is 2.37. The highest BCUT2D eigenvalue weighted by Crippen LogP contribution is 2.33. The van der Waals surface area contributed by atoms with Crippen LogP contribution < -0.4 is 15.4 Å². The number of likely N-dealkylation sites (tertiary alicyclic amines) is 1. The molecule has 1 atom stereocenters. The minimum absolute atomic E-state index is 0.0302. The molecule has 2 heterocycles. The van der Waals surface area contributed by atoms with E-state index in [4.69, 9.17) is 0 Å². The van der Waals surface area contributed by atoms with E-state index in [0.717, 1.165) is 37.8 Å². The van der Waals surface area contributed by atoms with E-state index < -0.39 is 27.9 Å². The highest BCUT2D eigenvalue weighted by atomic mass is 32.2. The molecule has 1 saturated carbocycles. The number of halogens is 3. The minimum atomic E-state index is -4.50. The van der Waals surface area contributed by atoms with Gasteiger partial charge in [-0.25, -0.2) is 23.1 Å². The molecule has 0 spiro atoms. The van der Waals surface area contributed by atoms with Crippen molar-refractivity contribution in [1.29, 1.82) is 0 Å². The van der Waals surface area contributed by atoms with Crippen molar-refractivity contribution in [1.82, 2.24) is 24.9 Å². The smallest absolute Gasteiger partial charge is 0.392 e. The molecule has 0 radical (unpaired) electrons. The lowest BCUT2D eigenvalue weighted by Gasteiger charge is -2.47. The summed E-state index contributed by atoms with van der Waals surface area (Å²) in [7, 11) is -2.13. The van der Waals surface area contributed by atoms with Crippen molar-refractivity contribution in [3.63, 3.8) is 0 Å². The zero-order valence-corrected chi connectivity index (χ0v) is 21.1. The summed E-state index contributed by atoms with van der Waals surface area (Å²) >= 11 is 0. The molecule has 2 aromatic rings. The number of amides is 1. The summed E-state index contributed by atoms with van der Waals surface area (Å²) in [6.07, 6.45) is -0.972. The number of rotatable bonds is 9. The lowest BCUT2D eigenvalue weighted by Crippen LogP contribution is -2.63. The number of sulfonamides is 1. The van der Waals surface area contributed by atoms with Crippen LogP contribution in [0, 0.1) is 5.92 Å². The maximum atomic E-state index is 13.1. The third-order valence-electron chi connectivity index (χ3n) is 7.16. The highest BCUT2D eigenvalue weighted by molar-refractivity contribution is 7.89. The van der Waals surface area contributed by atoms with E-state index in [9.17, 15) is 31.5 Å². The van der Waals surface area contributed by atoms with Crippen molar-refractivity contribution in [3.8, 4) is 0 Å². The molecule has 1 aliphatic carbocycles. The molecule has 37 heavy (non-hydrogen) atoms. The Morgan fingerprint density at radius 2 is 1.89 bits per heavy atom. The Morgan fingerprint density at radius 1 is 1.19 bits per heavy atom. The van der Waals surface area contributed by atoms with Crippen molar-refractivity contribution in [3.05, 3.63) is 30.1 Å². The normalized spacial score (nSPS) is 22.4. The van der Waals surface area contributed by atoms with Crippen LogP contribution in [0.1, 0.15) is 31.2 Å². The zero-order chi connectivity index (χ0) is 26.8. The van der Waals surface area contributed by atoms with Gasteiger partial charge in [-0.05, 0) is 56.8 Å². The van der Waals surface area contributed by atoms with Gasteiger partial charge in [0.1, 0.15) is 12.1 Å². The fourth-order valence-electron chi connectivity index (χ4n) is 5.01. The molecule has 1 aliphatic heterocycles.